The van der Waals surface area contributed by atoms with Crippen molar-refractivity contribution >= 4 is 35.2 Å². The van der Waals surface area contributed by atoms with E-state index in [4.69, 9.17) is 4.98 Å². The molecule has 0 saturated heterocycles. The Morgan fingerprint density at radius 1 is 0.538 bits per heavy atom. The first kappa shape index (κ1) is 16.0. The second kappa shape index (κ2) is 7.62. The Balaban J connectivity index is 1.74. The molecule has 0 amide bonds. The van der Waals surface area contributed by atoms with Crippen LogP contribution >= 0.6 is 0 Å². The Labute approximate surface area is 154 Å². The molecule has 0 atom stereocenters. The molecule has 1 nitrogen and oxygen atoms in total. The number of nitrogens with zero attached hydrogens (tertiary/aromatic N) is 1. The lowest BCUT2D eigenvalue weighted by molar-refractivity contribution is 1.37. The summed E-state index contributed by atoms with van der Waals surface area (Å²) in [5, 5.41) is 1.16. The molecule has 0 aliphatic carbocycles. The van der Waals surface area contributed by atoms with E-state index in [0.29, 0.717) is 0 Å². The van der Waals surface area contributed by atoms with Gasteiger partial charge in [0.15, 0.2) is 0 Å². The van der Waals surface area contributed by atoms with Gasteiger partial charge in [-0.2, -0.15) is 0 Å². The van der Waals surface area contributed by atoms with Crippen LogP contribution in [0, 0.1) is 0 Å². The van der Waals surface area contributed by atoms with E-state index in [0.717, 1.165) is 16.6 Å². The van der Waals surface area contributed by atoms with Crippen molar-refractivity contribution in [2.45, 2.75) is 0 Å². The number of benzene rings is 3. The van der Waals surface area contributed by atoms with E-state index in [1.54, 1.807) is 0 Å². The number of aromatic nitrogens is 1. The van der Waals surface area contributed by atoms with E-state index in [9.17, 15) is 0 Å². The lowest BCUT2D eigenvalue weighted by atomic mass is 10.1. The number of hydrogen-bond acceptors (Lipinski definition) is 1. The molecule has 0 N–H and O–H groups in total. The topological polar surface area (TPSA) is 12.9 Å². The van der Waals surface area contributed by atoms with Gasteiger partial charge in [0.05, 0.1) is 11.2 Å². The molecule has 0 aliphatic heterocycles. The Hall–Kier alpha value is -3.45. The van der Waals surface area contributed by atoms with Crippen LogP contribution in [0.3, 0.4) is 0 Å². The van der Waals surface area contributed by atoms with Gasteiger partial charge >= 0.3 is 0 Å². The van der Waals surface area contributed by atoms with E-state index in [1.807, 2.05) is 30.3 Å². The summed E-state index contributed by atoms with van der Waals surface area (Å²) in [6.07, 6.45) is 8.48. The predicted octanol–water partition coefficient (Wildman–Crippen LogP) is 6.58. The molecule has 26 heavy (non-hydrogen) atoms. The summed E-state index contributed by atoms with van der Waals surface area (Å²) in [5.41, 5.74) is 5.50. The highest BCUT2D eigenvalue weighted by Gasteiger charge is 2.02. The van der Waals surface area contributed by atoms with Gasteiger partial charge in [-0.05, 0) is 34.9 Å². The highest BCUT2D eigenvalue weighted by Crippen LogP contribution is 2.22. The van der Waals surface area contributed by atoms with Gasteiger partial charge in [0.25, 0.3) is 0 Å². The first-order chi connectivity index (χ1) is 12.9. The number of hydrogen-bond donors (Lipinski definition) is 0. The van der Waals surface area contributed by atoms with Gasteiger partial charge in [0, 0.05) is 5.39 Å². The maximum Gasteiger partial charge on any atom is 0.0715 e. The van der Waals surface area contributed by atoms with Crippen LogP contribution in [-0.4, -0.2) is 4.98 Å². The summed E-state index contributed by atoms with van der Waals surface area (Å²) in [6, 6.07) is 31.1. The average molecular weight is 333 g/mol. The predicted molar refractivity (Wildman–Crippen MR) is 112 cm³/mol. The molecule has 0 unspecified atom stereocenters. The third-order valence-corrected chi connectivity index (χ3v) is 4.27. The monoisotopic (exact) mass is 333 g/mol. The van der Waals surface area contributed by atoms with Crippen LogP contribution in [0.2, 0.25) is 0 Å². The van der Waals surface area contributed by atoms with E-state index in [-0.39, 0.29) is 0 Å². The summed E-state index contributed by atoms with van der Waals surface area (Å²) < 4.78 is 0. The quantitative estimate of drug-likeness (QED) is 0.411. The minimum atomic E-state index is 0.959. The normalized spacial score (nSPS) is 11.5. The smallest absolute Gasteiger partial charge is 0.0715 e. The highest BCUT2D eigenvalue weighted by molar-refractivity contribution is 5.92. The summed E-state index contributed by atoms with van der Waals surface area (Å²) in [5.74, 6) is 0. The van der Waals surface area contributed by atoms with E-state index >= 15 is 0 Å². The van der Waals surface area contributed by atoms with Crippen molar-refractivity contribution in [1.29, 1.82) is 0 Å². The molecule has 0 aliphatic rings. The zero-order valence-corrected chi connectivity index (χ0v) is 14.4. The van der Waals surface area contributed by atoms with Gasteiger partial charge in [0.2, 0.25) is 0 Å². The molecule has 1 heterocycles. The number of pyridine rings is 1. The third kappa shape index (κ3) is 3.79. The molecular weight excluding hydrogens is 314 g/mol. The Morgan fingerprint density at radius 3 is 1.81 bits per heavy atom. The molecule has 3 aromatic carbocycles. The molecule has 0 fully saturated rings. The van der Waals surface area contributed by atoms with Crippen LogP contribution in [0.1, 0.15) is 22.4 Å². The Morgan fingerprint density at radius 2 is 1.12 bits per heavy atom. The second-order valence-electron chi connectivity index (χ2n) is 6.14. The lowest BCUT2D eigenvalue weighted by Crippen LogP contribution is -1.87. The van der Waals surface area contributed by atoms with Gasteiger partial charge in [-0.3, -0.25) is 0 Å². The summed E-state index contributed by atoms with van der Waals surface area (Å²) in [7, 11) is 0. The number of para-hydroxylation sites is 1. The van der Waals surface area contributed by atoms with Crippen LogP contribution < -0.4 is 0 Å². The molecular formula is C25H19N. The van der Waals surface area contributed by atoms with Crippen LogP contribution in [-0.2, 0) is 0 Å². The molecule has 1 aromatic heterocycles. The third-order valence-electron chi connectivity index (χ3n) is 4.27. The maximum absolute atomic E-state index is 4.79. The van der Waals surface area contributed by atoms with Gasteiger partial charge in [-0.1, -0.05) is 97.1 Å². The average Bonchev–Trinajstić information content (AvgIpc) is 2.72. The molecule has 0 radical (unpaired) electrons. The van der Waals surface area contributed by atoms with Crippen molar-refractivity contribution in [3.05, 3.63) is 113 Å². The van der Waals surface area contributed by atoms with Crippen molar-refractivity contribution in [2.24, 2.45) is 0 Å². The molecule has 4 aromatic rings. The van der Waals surface area contributed by atoms with Crippen LogP contribution in [0.15, 0.2) is 91.0 Å². The Bertz CT molecular complexity index is 1060. The van der Waals surface area contributed by atoms with Crippen LogP contribution in [0.25, 0.3) is 35.2 Å². The lowest BCUT2D eigenvalue weighted by Gasteiger charge is -2.05. The molecule has 1 heteroatoms. The molecule has 0 saturated carbocycles. The molecule has 4 rings (SSSR count). The SMILES string of the molecule is C(=Cc1cc(C=Cc2ccccc2)c2ccccc2n1)c1ccccc1. The van der Waals surface area contributed by atoms with E-state index < -0.39 is 0 Å². The first-order valence-electron chi connectivity index (χ1n) is 8.74. The van der Waals surface area contributed by atoms with Gasteiger partial charge in [-0.15, -0.1) is 0 Å². The largest absolute Gasteiger partial charge is 0.248 e. The van der Waals surface area contributed by atoms with Gasteiger partial charge in [0.1, 0.15) is 0 Å². The van der Waals surface area contributed by atoms with Crippen molar-refractivity contribution in [1.82, 2.24) is 4.98 Å². The number of rotatable bonds is 4. The summed E-state index contributed by atoms with van der Waals surface area (Å²) >= 11 is 0. The standard InChI is InChI=1S/C25H19N/c1-3-9-20(10-4-1)15-17-22-19-23(18-16-21-11-5-2-6-12-21)26-25-14-8-7-13-24(22)25/h1-19H. The van der Waals surface area contributed by atoms with Gasteiger partial charge in [-0.25, -0.2) is 4.98 Å². The minimum Gasteiger partial charge on any atom is -0.248 e. The summed E-state index contributed by atoms with van der Waals surface area (Å²) in [6.45, 7) is 0. The maximum atomic E-state index is 4.79. The van der Waals surface area contributed by atoms with Crippen molar-refractivity contribution in [3.8, 4) is 0 Å². The fourth-order valence-corrected chi connectivity index (χ4v) is 2.94. The van der Waals surface area contributed by atoms with E-state index in [1.165, 1.54) is 16.7 Å². The zero-order chi connectivity index (χ0) is 17.6. The van der Waals surface area contributed by atoms with Crippen molar-refractivity contribution in [3.63, 3.8) is 0 Å². The molecule has 0 bridgehead atoms. The van der Waals surface area contributed by atoms with E-state index in [2.05, 4.69) is 85.0 Å². The van der Waals surface area contributed by atoms with Crippen molar-refractivity contribution < 1.29 is 0 Å². The summed E-state index contributed by atoms with van der Waals surface area (Å²) in [4.78, 5) is 4.79. The second-order valence-corrected chi connectivity index (χ2v) is 6.14. The van der Waals surface area contributed by atoms with Crippen LogP contribution in [0.5, 0.6) is 0 Å². The fourth-order valence-electron chi connectivity index (χ4n) is 2.94. The highest BCUT2D eigenvalue weighted by atomic mass is 14.7. The molecule has 0 spiro atoms. The molecule has 124 valence electrons. The minimum absolute atomic E-state index is 0.959. The number of fused-ring (bicyclic) bond motifs is 1. The Kier molecular flexibility index (Phi) is 4.70. The zero-order valence-electron chi connectivity index (χ0n) is 14.4. The fraction of sp³-hybridized carbons (Fsp3) is 0. The van der Waals surface area contributed by atoms with Crippen molar-refractivity contribution in [2.75, 3.05) is 0 Å². The first-order valence-corrected chi connectivity index (χ1v) is 8.74. The van der Waals surface area contributed by atoms with Gasteiger partial charge < -0.3 is 0 Å². The van der Waals surface area contributed by atoms with Crippen LogP contribution in [0.4, 0.5) is 0 Å².